The van der Waals surface area contributed by atoms with Crippen LogP contribution < -0.4 is 10.6 Å². The molecule has 1 aliphatic rings. The van der Waals surface area contributed by atoms with Gasteiger partial charge in [-0.2, -0.15) is 0 Å². The third-order valence-electron chi connectivity index (χ3n) is 7.97. The first-order valence-corrected chi connectivity index (χ1v) is 14.8. The average Bonchev–Trinajstić information content (AvgIpc) is 2.78. The summed E-state index contributed by atoms with van der Waals surface area (Å²) >= 11 is 0. The molecule has 0 aromatic rings. The van der Waals surface area contributed by atoms with Crippen molar-refractivity contribution in [2.24, 2.45) is 0 Å². The van der Waals surface area contributed by atoms with Crippen molar-refractivity contribution in [1.29, 1.82) is 0 Å². The van der Waals surface area contributed by atoms with E-state index in [0.717, 1.165) is 31.4 Å². The first kappa shape index (κ1) is 32.5. The number of piperazine rings is 1. The molecule has 1 heterocycles. The molecule has 2 N–H and O–H groups in total. The van der Waals surface area contributed by atoms with Crippen molar-refractivity contribution in [1.82, 2.24) is 20.4 Å². The summed E-state index contributed by atoms with van der Waals surface area (Å²) in [5, 5.41) is 7.49. The summed E-state index contributed by atoms with van der Waals surface area (Å²) in [6, 6.07) is 0. The molecule has 0 aromatic carbocycles. The fourth-order valence-corrected chi connectivity index (χ4v) is 5.02. The van der Waals surface area contributed by atoms with Crippen molar-refractivity contribution in [3.05, 3.63) is 11.2 Å². The summed E-state index contributed by atoms with van der Waals surface area (Å²) < 4.78 is 0. The van der Waals surface area contributed by atoms with E-state index in [1.165, 1.54) is 83.2 Å². The first-order valence-electron chi connectivity index (χ1n) is 14.8. The molecule has 204 valence electrons. The summed E-state index contributed by atoms with van der Waals surface area (Å²) in [5.41, 5.74) is 2.62. The van der Waals surface area contributed by atoms with Crippen molar-refractivity contribution < 1.29 is 0 Å². The molecule has 0 atom stereocenters. The minimum Gasteiger partial charge on any atom is -0.393 e. The zero-order chi connectivity index (χ0) is 26.5. The standard InChI is InChI=1S/C30H61BN4/c1-10-12-13-14-15-16-17-26(3)27(31)32-29(6,7)18-20-34-22-24-35(25-23-34)21-19-30(8,9)33-28(4,5)11-2/h32-33H,10-25H2,1-9H3/b27-26+. The molecule has 0 unspecified atom stereocenters. The molecule has 35 heavy (non-hydrogen) atoms. The van der Waals surface area contributed by atoms with Crippen molar-refractivity contribution in [3.63, 3.8) is 0 Å². The molecule has 0 saturated carbocycles. The van der Waals surface area contributed by atoms with Crippen LogP contribution in [0.4, 0.5) is 0 Å². The van der Waals surface area contributed by atoms with Crippen LogP contribution in [0.25, 0.3) is 0 Å². The topological polar surface area (TPSA) is 30.5 Å². The van der Waals surface area contributed by atoms with Crippen LogP contribution in [-0.2, 0) is 0 Å². The Kier molecular flexibility index (Phi) is 14.6. The Morgan fingerprint density at radius 2 is 1.20 bits per heavy atom. The van der Waals surface area contributed by atoms with E-state index in [1.54, 1.807) is 0 Å². The van der Waals surface area contributed by atoms with Crippen LogP contribution in [-0.4, -0.2) is 73.5 Å². The lowest BCUT2D eigenvalue weighted by Gasteiger charge is -2.40. The Balaban J connectivity index is 2.32. The molecule has 2 radical (unpaired) electrons. The van der Waals surface area contributed by atoms with Crippen molar-refractivity contribution >= 4 is 7.85 Å². The molecule has 0 bridgehead atoms. The van der Waals surface area contributed by atoms with Gasteiger partial charge in [-0.3, -0.25) is 0 Å². The van der Waals surface area contributed by atoms with Gasteiger partial charge in [0, 0.05) is 49.3 Å². The second-order valence-corrected chi connectivity index (χ2v) is 13.2. The van der Waals surface area contributed by atoms with Crippen LogP contribution in [0.2, 0.25) is 0 Å². The minimum atomic E-state index is 0.0192. The summed E-state index contributed by atoms with van der Waals surface area (Å²) in [6.07, 6.45) is 12.6. The second kappa shape index (κ2) is 15.7. The van der Waals surface area contributed by atoms with Gasteiger partial charge in [-0.1, -0.05) is 51.5 Å². The molecule has 1 saturated heterocycles. The summed E-state index contributed by atoms with van der Waals surface area (Å²) in [4.78, 5) is 5.28. The molecule has 4 nitrogen and oxygen atoms in total. The van der Waals surface area contributed by atoms with E-state index in [2.05, 4.69) is 82.7 Å². The normalized spacial score (nSPS) is 17.5. The Hall–Kier alpha value is -0.515. The number of nitrogens with zero attached hydrogens (tertiary/aromatic N) is 2. The van der Waals surface area contributed by atoms with Crippen LogP contribution in [0.5, 0.6) is 0 Å². The number of unbranched alkanes of at least 4 members (excludes halogenated alkanes) is 5. The third-order valence-corrected chi connectivity index (χ3v) is 7.97. The van der Waals surface area contributed by atoms with Gasteiger partial charge in [-0.15, -0.1) is 0 Å². The Morgan fingerprint density at radius 3 is 1.71 bits per heavy atom. The molecule has 1 rings (SSSR count). The van der Waals surface area contributed by atoms with Crippen LogP contribution in [0.15, 0.2) is 11.2 Å². The van der Waals surface area contributed by atoms with Gasteiger partial charge in [0.15, 0.2) is 0 Å². The predicted octanol–water partition coefficient (Wildman–Crippen LogP) is 6.46. The van der Waals surface area contributed by atoms with E-state index in [-0.39, 0.29) is 16.6 Å². The highest BCUT2D eigenvalue weighted by Gasteiger charge is 2.27. The van der Waals surface area contributed by atoms with E-state index >= 15 is 0 Å². The van der Waals surface area contributed by atoms with Gasteiger partial charge < -0.3 is 20.4 Å². The van der Waals surface area contributed by atoms with Gasteiger partial charge in [-0.05, 0) is 92.7 Å². The highest BCUT2D eigenvalue weighted by atomic mass is 15.3. The van der Waals surface area contributed by atoms with E-state index in [4.69, 9.17) is 7.85 Å². The van der Waals surface area contributed by atoms with Crippen LogP contribution in [0, 0.1) is 0 Å². The van der Waals surface area contributed by atoms with Crippen molar-refractivity contribution in [2.75, 3.05) is 39.3 Å². The maximum Gasteiger partial charge on any atom is 0.137 e. The van der Waals surface area contributed by atoms with E-state index in [9.17, 15) is 0 Å². The quantitative estimate of drug-likeness (QED) is 0.171. The fourth-order valence-electron chi connectivity index (χ4n) is 5.02. The van der Waals surface area contributed by atoms with Crippen LogP contribution >= 0.6 is 0 Å². The van der Waals surface area contributed by atoms with Crippen LogP contribution in [0.3, 0.4) is 0 Å². The number of allylic oxidation sites excluding steroid dienone is 1. The number of hydrogen-bond donors (Lipinski definition) is 2. The van der Waals surface area contributed by atoms with E-state index in [0.29, 0.717) is 0 Å². The average molecular weight is 489 g/mol. The third kappa shape index (κ3) is 14.7. The fraction of sp³-hybridized carbons (Fsp3) is 0.933. The van der Waals surface area contributed by atoms with Gasteiger partial charge in [0.05, 0.1) is 0 Å². The van der Waals surface area contributed by atoms with Gasteiger partial charge in [0.2, 0.25) is 0 Å². The summed E-state index contributed by atoms with van der Waals surface area (Å²) in [6.45, 7) is 27.7. The number of rotatable bonds is 18. The molecule has 1 aliphatic heterocycles. The molecular formula is C30H61BN4. The molecule has 1 fully saturated rings. The molecule has 0 spiro atoms. The Morgan fingerprint density at radius 1 is 0.714 bits per heavy atom. The second-order valence-electron chi connectivity index (χ2n) is 13.2. The van der Waals surface area contributed by atoms with Gasteiger partial charge in [0.1, 0.15) is 7.85 Å². The van der Waals surface area contributed by atoms with Gasteiger partial charge >= 0.3 is 0 Å². The summed E-state index contributed by atoms with van der Waals surface area (Å²) in [7, 11) is 6.45. The van der Waals surface area contributed by atoms with Crippen molar-refractivity contribution in [3.8, 4) is 0 Å². The molecular weight excluding hydrogens is 427 g/mol. The largest absolute Gasteiger partial charge is 0.393 e. The first-order chi connectivity index (χ1) is 16.3. The van der Waals surface area contributed by atoms with Gasteiger partial charge in [0.25, 0.3) is 0 Å². The number of hydrogen-bond acceptors (Lipinski definition) is 4. The smallest absolute Gasteiger partial charge is 0.137 e. The summed E-state index contributed by atoms with van der Waals surface area (Å²) in [5.74, 6) is 0. The highest BCUT2D eigenvalue weighted by molar-refractivity contribution is 6.21. The predicted molar refractivity (Wildman–Crippen MR) is 157 cm³/mol. The lowest BCUT2D eigenvalue weighted by molar-refractivity contribution is 0.112. The van der Waals surface area contributed by atoms with Gasteiger partial charge in [-0.25, -0.2) is 0 Å². The van der Waals surface area contributed by atoms with Crippen LogP contribution in [0.1, 0.15) is 127 Å². The molecule has 5 heteroatoms. The highest BCUT2D eigenvalue weighted by Crippen LogP contribution is 2.20. The Labute approximate surface area is 221 Å². The lowest BCUT2D eigenvalue weighted by Crippen LogP contribution is -2.54. The SMILES string of the molecule is [B]/C(NC(C)(C)CCN1CCN(CCC(C)(C)NC(C)(C)CC)CC1)=C(/C)CCCCCCCC. The molecule has 0 aromatic heterocycles. The minimum absolute atomic E-state index is 0.0192. The Bertz CT molecular complexity index is 603. The van der Waals surface area contributed by atoms with E-state index < -0.39 is 0 Å². The maximum absolute atomic E-state index is 6.45. The zero-order valence-corrected chi connectivity index (χ0v) is 25.3. The monoisotopic (exact) mass is 488 g/mol. The molecule has 0 aliphatic carbocycles. The zero-order valence-electron chi connectivity index (χ0n) is 25.3. The van der Waals surface area contributed by atoms with Crippen molar-refractivity contribution in [2.45, 2.75) is 143 Å². The number of nitrogens with one attached hydrogen (secondary N) is 2. The maximum atomic E-state index is 6.45. The molecule has 0 amide bonds. The lowest BCUT2D eigenvalue weighted by atomic mass is 9.90. The van der Waals surface area contributed by atoms with E-state index in [1.807, 2.05) is 0 Å².